The molecule has 2 heteroatoms. The van der Waals surface area contributed by atoms with Gasteiger partial charge in [0.15, 0.2) is 0 Å². The van der Waals surface area contributed by atoms with Gasteiger partial charge in [0.1, 0.15) is 5.67 Å². The highest BCUT2D eigenvalue weighted by molar-refractivity contribution is 4.90. The maximum Gasteiger partial charge on any atom is 0.123 e. The van der Waals surface area contributed by atoms with Gasteiger partial charge in [-0.3, -0.25) is 0 Å². The number of nitrogens with one attached hydrogen (secondary N) is 1. The third-order valence-corrected chi connectivity index (χ3v) is 2.08. The number of hydrogen-bond acceptors (Lipinski definition) is 1. The van der Waals surface area contributed by atoms with Crippen LogP contribution in [-0.4, -0.2) is 18.3 Å². The van der Waals surface area contributed by atoms with Crippen molar-refractivity contribution >= 4 is 0 Å². The molecule has 0 aromatic heterocycles. The molecule has 1 nitrogen and oxygen atoms in total. The average Bonchev–Trinajstić information content (AvgIpc) is 1.79. The van der Waals surface area contributed by atoms with Crippen LogP contribution in [0.4, 0.5) is 4.39 Å². The Morgan fingerprint density at radius 1 is 1.50 bits per heavy atom. The zero-order valence-corrected chi connectivity index (χ0v) is 6.78. The van der Waals surface area contributed by atoms with Gasteiger partial charge in [0.05, 0.1) is 0 Å². The van der Waals surface area contributed by atoms with E-state index in [9.17, 15) is 4.39 Å². The van der Waals surface area contributed by atoms with Crippen molar-refractivity contribution in [2.45, 2.75) is 44.8 Å². The van der Waals surface area contributed by atoms with Gasteiger partial charge in [0.2, 0.25) is 0 Å². The fourth-order valence-electron chi connectivity index (χ4n) is 1.12. The van der Waals surface area contributed by atoms with Crippen molar-refractivity contribution in [3.05, 3.63) is 0 Å². The highest BCUT2D eigenvalue weighted by atomic mass is 19.1. The summed E-state index contributed by atoms with van der Waals surface area (Å²) in [5, 5.41) is 3.11. The molecule has 0 bridgehead atoms. The number of halogens is 1. The summed E-state index contributed by atoms with van der Waals surface area (Å²) in [6.07, 6.45) is 2.58. The molecular weight excluding hydrogens is 129 g/mol. The second-order valence-electron chi connectivity index (χ2n) is 3.54. The monoisotopic (exact) mass is 145 g/mol. The quantitative estimate of drug-likeness (QED) is 0.639. The molecule has 0 aromatic rings. The SMILES string of the molecule is CC(C)NCC1(F)CCC1. The van der Waals surface area contributed by atoms with E-state index in [4.69, 9.17) is 0 Å². The molecule has 0 saturated heterocycles. The third kappa shape index (κ3) is 1.94. The van der Waals surface area contributed by atoms with Crippen molar-refractivity contribution in [3.63, 3.8) is 0 Å². The van der Waals surface area contributed by atoms with Crippen molar-refractivity contribution in [2.75, 3.05) is 6.54 Å². The van der Waals surface area contributed by atoms with E-state index in [2.05, 4.69) is 5.32 Å². The van der Waals surface area contributed by atoms with E-state index in [0.717, 1.165) is 19.3 Å². The molecule has 10 heavy (non-hydrogen) atoms. The normalized spacial score (nSPS) is 22.8. The van der Waals surface area contributed by atoms with Crippen molar-refractivity contribution in [1.29, 1.82) is 0 Å². The van der Waals surface area contributed by atoms with Crippen LogP contribution in [0.5, 0.6) is 0 Å². The van der Waals surface area contributed by atoms with Crippen LogP contribution in [0.1, 0.15) is 33.1 Å². The Morgan fingerprint density at radius 3 is 2.40 bits per heavy atom. The van der Waals surface area contributed by atoms with Crippen molar-refractivity contribution in [3.8, 4) is 0 Å². The van der Waals surface area contributed by atoms with Crippen molar-refractivity contribution in [2.24, 2.45) is 0 Å². The molecule has 0 radical (unpaired) electrons. The van der Waals surface area contributed by atoms with Gasteiger partial charge in [-0.1, -0.05) is 13.8 Å². The maximum atomic E-state index is 13.2. The molecule has 1 aliphatic rings. The molecule has 1 rings (SSSR count). The van der Waals surface area contributed by atoms with Gasteiger partial charge < -0.3 is 5.32 Å². The van der Waals surface area contributed by atoms with Gasteiger partial charge in [-0.2, -0.15) is 0 Å². The molecule has 0 atom stereocenters. The van der Waals surface area contributed by atoms with Crippen LogP contribution in [0.15, 0.2) is 0 Å². The summed E-state index contributed by atoms with van der Waals surface area (Å²) >= 11 is 0. The summed E-state index contributed by atoms with van der Waals surface area (Å²) in [4.78, 5) is 0. The van der Waals surface area contributed by atoms with E-state index in [1.165, 1.54) is 0 Å². The molecule has 60 valence electrons. The lowest BCUT2D eigenvalue weighted by Crippen LogP contribution is -2.44. The van der Waals surface area contributed by atoms with Crippen LogP contribution < -0.4 is 5.32 Å². The molecular formula is C8H16FN. The first-order valence-electron chi connectivity index (χ1n) is 4.05. The summed E-state index contributed by atoms with van der Waals surface area (Å²) in [5.41, 5.74) is -0.857. The van der Waals surface area contributed by atoms with Crippen LogP contribution in [0.2, 0.25) is 0 Å². The molecule has 1 saturated carbocycles. The standard InChI is InChI=1S/C8H16FN/c1-7(2)10-6-8(9)4-3-5-8/h7,10H,3-6H2,1-2H3. The lowest BCUT2D eigenvalue weighted by molar-refractivity contribution is 0.0612. The minimum atomic E-state index is -0.857. The van der Waals surface area contributed by atoms with Gasteiger partial charge in [0, 0.05) is 12.6 Å². The third-order valence-electron chi connectivity index (χ3n) is 2.08. The second kappa shape index (κ2) is 2.87. The first-order valence-corrected chi connectivity index (χ1v) is 4.05. The van der Waals surface area contributed by atoms with Crippen molar-refractivity contribution < 1.29 is 4.39 Å². The van der Waals surface area contributed by atoms with E-state index < -0.39 is 5.67 Å². The first-order chi connectivity index (χ1) is 4.62. The van der Waals surface area contributed by atoms with Gasteiger partial charge in [0.25, 0.3) is 0 Å². The van der Waals surface area contributed by atoms with Gasteiger partial charge in [-0.05, 0) is 19.3 Å². The Morgan fingerprint density at radius 2 is 2.10 bits per heavy atom. The molecule has 0 amide bonds. The zero-order valence-electron chi connectivity index (χ0n) is 6.78. The minimum Gasteiger partial charge on any atom is -0.311 e. The van der Waals surface area contributed by atoms with E-state index in [1.807, 2.05) is 13.8 Å². The number of rotatable bonds is 3. The smallest absolute Gasteiger partial charge is 0.123 e. The predicted molar refractivity (Wildman–Crippen MR) is 40.8 cm³/mol. The summed E-state index contributed by atoms with van der Waals surface area (Å²) in [7, 11) is 0. The second-order valence-corrected chi connectivity index (χ2v) is 3.54. The topological polar surface area (TPSA) is 12.0 Å². The summed E-state index contributed by atoms with van der Waals surface area (Å²) < 4.78 is 13.2. The maximum absolute atomic E-state index is 13.2. The molecule has 0 aliphatic heterocycles. The summed E-state index contributed by atoms with van der Waals surface area (Å²) in [6.45, 7) is 4.63. The molecule has 0 spiro atoms. The lowest BCUT2D eigenvalue weighted by Gasteiger charge is -2.34. The highest BCUT2D eigenvalue weighted by Gasteiger charge is 2.36. The fraction of sp³-hybridized carbons (Fsp3) is 1.00. The Bertz CT molecular complexity index is 108. The van der Waals surface area contributed by atoms with E-state index in [1.54, 1.807) is 0 Å². The molecule has 0 aromatic carbocycles. The Hall–Kier alpha value is -0.110. The van der Waals surface area contributed by atoms with Crippen LogP contribution in [0.25, 0.3) is 0 Å². The molecule has 1 N–H and O–H groups in total. The van der Waals surface area contributed by atoms with Gasteiger partial charge >= 0.3 is 0 Å². The Balaban J connectivity index is 2.12. The molecule has 0 unspecified atom stereocenters. The Kier molecular flexibility index (Phi) is 2.29. The van der Waals surface area contributed by atoms with E-state index in [-0.39, 0.29) is 0 Å². The van der Waals surface area contributed by atoms with Crippen LogP contribution >= 0.6 is 0 Å². The number of hydrogen-bond donors (Lipinski definition) is 1. The molecule has 0 heterocycles. The number of alkyl halides is 1. The molecule has 1 aliphatic carbocycles. The summed E-state index contributed by atoms with van der Waals surface area (Å²) in [6, 6.07) is 0.410. The van der Waals surface area contributed by atoms with Crippen LogP contribution in [0, 0.1) is 0 Å². The first kappa shape index (κ1) is 7.99. The van der Waals surface area contributed by atoms with Gasteiger partial charge in [-0.15, -0.1) is 0 Å². The highest BCUT2D eigenvalue weighted by Crippen LogP contribution is 2.34. The Labute approximate surface area is 62.0 Å². The van der Waals surface area contributed by atoms with Gasteiger partial charge in [-0.25, -0.2) is 4.39 Å². The minimum absolute atomic E-state index is 0.410. The van der Waals surface area contributed by atoms with E-state index >= 15 is 0 Å². The van der Waals surface area contributed by atoms with Crippen LogP contribution in [0.3, 0.4) is 0 Å². The predicted octanol–water partition coefficient (Wildman–Crippen LogP) is 1.88. The lowest BCUT2D eigenvalue weighted by atomic mass is 9.82. The van der Waals surface area contributed by atoms with Crippen LogP contribution in [-0.2, 0) is 0 Å². The van der Waals surface area contributed by atoms with Crippen molar-refractivity contribution in [1.82, 2.24) is 5.32 Å². The van der Waals surface area contributed by atoms with E-state index in [0.29, 0.717) is 12.6 Å². The summed E-state index contributed by atoms with van der Waals surface area (Å²) in [5.74, 6) is 0. The zero-order chi connectivity index (χ0) is 7.61. The largest absolute Gasteiger partial charge is 0.311 e. The molecule has 1 fully saturated rings. The average molecular weight is 145 g/mol. The fourth-order valence-corrected chi connectivity index (χ4v) is 1.12.